The summed E-state index contributed by atoms with van der Waals surface area (Å²) in [4.78, 5) is 39.9. The Morgan fingerprint density at radius 1 is 0.140 bits per heavy atom. The van der Waals surface area contributed by atoms with E-state index in [-0.39, 0.29) is 0 Å². The molecule has 23 aromatic rings. The maximum absolute atomic E-state index is 5.30. The Morgan fingerprint density at radius 2 is 0.412 bits per heavy atom. The minimum atomic E-state index is 0.920. The molecule has 0 fully saturated rings. The van der Waals surface area contributed by atoms with Crippen LogP contribution in [0.5, 0.6) is 0 Å². The summed E-state index contributed by atoms with van der Waals surface area (Å²) in [7, 11) is 0. The maximum Gasteiger partial charge on any atom is 0.0972 e. The summed E-state index contributed by atoms with van der Waals surface area (Å²) in [5.41, 5.74) is 26.9. The number of pyridine rings is 8. The molecule has 0 aliphatic heterocycles. The highest BCUT2D eigenvalue weighted by molar-refractivity contribution is 6.21. The summed E-state index contributed by atoms with van der Waals surface area (Å²) in [5, 5.41) is 18.5. The molecule has 114 heavy (non-hydrogen) atoms. The van der Waals surface area contributed by atoms with E-state index in [2.05, 4.69) is 374 Å². The standard InChI is InChI=1S/C56H34N4.C50H30N4/c1-2-9-37(10-3-1)53-44-12-4-6-14-46(44)54(47-15-7-5-13-45(47)53)52-31-26-43-34-41(24-29-51(43)59-52)40-23-28-50-42(33-40)25-30-48(58-50)35-16-18-36(19-17-35)49-27-22-39-21-20-38-11-8-32-57-55(38)56(39)60-49;1-3-9-41-37(6-1)30-38-7-2-4-10-42(38)48(41)47-26-21-40-29-36(19-24-46(40)53-47)35-18-23-45-39(28-35)20-25-43(52-45)31-11-13-32(14-12-31)44-22-17-34-16-15-33-8-5-27-51-49(33)50(34)54-44/h1-34H;1-30H. The van der Waals surface area contributed by atoms with E-state index in [0.29, 0.717) is 0 Å². The van der Waals surface area contributed by atoms with Crippen LogP contribution in [0.15, 0.2) is 389 Å². The lowest BCUT2D eigenvalue weighted by atomic mass is 9.87. The Hall–Kier alpha value is -15.4. The quantitative estimate of drug-likeness (QED) is 0.104. The molecule has 0 unspecified atom stereocenters. The zero-order valence-corrected chi connectivity index (χ0v) is 61.5. The van der Waals surface area contributed by atoms with Gasteiger partial charge in [-0.05, 0) is 180 Å². The summed E-state index contributed by atoms with van der Waals surface area (Å²) in [6.07, 6.45) is 3.65. The molecular weight excluding hydrogens is 1390 g/mol. The topological polar surface area (TPSA) is 103 Å². The van der Waals surface area contributed by atoms with Crippen molar-refractivity contribution >= 4 is 130 Å². The molecule has 8 aromatic heterocycles. The zero-order valence-electron chi connectivity index (χ0n) is 61.5. The van der Waals surface area contributed by atoms with Gasteiger partial charge < -0.3 is 0 Å². The molecule has 0 spiro atoms. The zero-order chi connectivity index (χ0) is 75.2. The molecule has 0 radical (unpaired) electrons. The van der Waals surface area contributed by atoms with E-state index in [9.17, 15) is 0 Å². The van der Waals surface area contributed by atoms with Crippen LogP contribution >= 0.6 is 0 Å². The smallest absolute Gasteiger partial charge is 0.0972 e. The molecule has 8 heterocycles. The van der Waals surface area contributed by atoms with Gasteiger partial charge in [0.1, 0.15) is 0 Å². The fourth-order valence-electron chi connectivity index (χ4n) is 16.8. The Labute approximate surface area is 655 Å². The summed E-state index contributed by atoms with van der Waals surface area (Å²) < 4.78 is 0. The van der Waals surface area contributed by atoms with Crippen molar-refractivity contribution in [1.29, 1.82) is 0 Å². The highest BCUT2D eigenvalue weighted by atomic mass is 14.8. The third-order valence-corrected chi connectivity index (χ3v) is 22.5. The van der Waals surface area contributed by atoms with Gasteiger partial charge in [-0.1, -0.05) is 273 Å². The van der Waals surface area contributed by atoms with Gasteiger partial charge in [0.2, 0.25) is 0 Å². The van der Waals surface area contributed by atoms with Gasteiger partial charge in [-0.3, -0.25) is 9.97 Å². The second kappa shape index (κ2) is 27.3. The van der Waals surface area contributed by atoms with Crippen LogP contribution in [-0.4, -0.2) is 39.9 Å². The van der Waals surface area contributed by atoms with Gasteiger partial charge >= 0.3 is 0 Å². The fourth-order valence-corrected chi connectivity index (χ4v) is 16.8. The van der Waals surface area contributed by atoms with Crippen molar-refractivity contribution in [2.75, 3.05) is 0 Å². The van der Waals surface area contributed by atoms with Crippen molar-refractivity contribution in [1.82, 2.24) is 39.9 Å². The van der Waals surface area contributed by atoms with Gasteiger partial charge in [0.05, 0.1) is 78.3 Å². The summed E-state index contributed by atoms with van der Waals surface area (Å²) in [6, 6.07) is 133. The Balaban J connectivity index is 0.000000140. The number of benzene rings is 15. The van der Waals surface area contributed by atoms with Crippen molar-refractivity contribution in [2.45, 2.75) is 0 Å². The van der Waals surface area contributed by atoms with E-state index < -0.39 is 0 Å². The first-order valence-electron chi connectivity index (χ1n) is 38.5. The highest BCUT2D eigenvalue weighted by Crippen LogP contribution is 2.45. The Morgan fingerprint density at radius 3 is 0.798 bits per heavy atom. The molecule has 0 bridgehead atoms. The van der Waals surface area contributed by atoms with E-state index in [1.165, 1.54) is 59.8 Å². The van der Waals surface area contributed by atoms with Gasteiger partial charge in [-0.25, -0.2) is 29.9 Å². The summed E-state index contributed by atoms with van der Waals surface area (Å²) >= 11 is 0. The molecule has 0 aliphatic rings. The van der Waals surface area contributed by atoms with E-state index in [0.717, 1.165) is 171 Å². The summed E-state index contributed by atoms with van der Waals surface area (Å²) in [6.45, 7) is 0. The van der Waals surface area contributed by atoms with Crippen LogP contribution in [0.1, 0.15) is 0 Å². The molecule has 0 saturated heterocycles. The number of fused-ring (bicyclic) bond motifs is 14. The number of rotatable bonds is 9. The van der Waals surface area contributed by atoms with Gasteiger partial charge in [-0.2, -0.15) is 0 Å². The van der Waals surface area contributed by atoms with Crippen LogP contribution in [0, 0.1) is 0 Å². The van der Waals surface area contributed by atoms with Crippen LogP contribution in [-0.2, 0) is 0 Å². The molecule has 15 aromatic carbocycles. The Kier molecular flexibility index (Phi) is 15.7. The third-order valence-electron chi connectivity index (χ3n) is 22.5. The summed E-state index contributed by atoms with van der Waals surface area (Å²) in [5.74, 6) is 0. The van der Waals surface area contributed by atoms with Crippen molar-refractivity contribution in [3.8, 4) is 101 Å². The minimum absolute atomic E-state index is 0.920. The van der Waals surface area contributed by atoms with Crippen LogP contribution in [0.2, 0.25) is 0 Å². The van der Waals surface area contributed by atoms with Crippen LogP contribution < -0.4 is 0 Å². The number of hydrogen-bond acceptors (Lipinski definition) is 8. The molecule has 8 heteroatoms. The molecule has 0 atom stereocenters. The van der Waals surface area contributed by atoms with Crippen molar-refractivity contribution in [2.24, 2.45) is 0 Å². The van der Waals surface area contributed by atoms with Crippen LogP contribution in [0.4, 0.5) is 0 Å². The molecule has 0 aliphatic carbocycles. The van der Waals surface area contributed by atoms with E-state index >= 15 is 0 Å². The van der Waals surface area contributed by atoms with E-state index in [1.54, 1.807) is 0 Å². The molecule has 0 amide bonds. The molecule has 0 saturated carbocycles. The number of nitrogens with zero attached hydrogens (tertiary/aromatic N) is 8. The highest BCUT2D eigenvalue weighted by Gasteiger charge is 2.20. The van der Waals surface area contributed by atoms with Gasteiger partial charge in [0.15, 0.2) is 0 Å². The molecule has 23 rings (SSSR count). The first-order chi connectivity index (χ1) is 56.4. The van der Waals surface area contributed by atoms with Crippen molar-refractivity contribution in [3.05, 3.63) is 389 Å². The average molecular weight is 1450 g/mol. The monoisotopic (exact) mass is 1450 g/mol. The second-order valence-electron chi connectivity index (χ2n) is 29.3. The van der Waals surface area contributed by atoms with Crippen molar-refractivity contribution < 1.29 is 0 Å². The average Bonchev–Trinajstić information content (AvgIpc) is 0.740. The Bertz CT molecular complexity index is 7750. The van der Waals surface area contributed by atoms with Gasteiger partial charge in [0, 0.05) is 88.9 Å². The molecule has 0 N–H and O–H groups in total. The predicted molar refractivity (Wildman–Crippen MR) is 474 cm³/mol. The first kappa shape index (κ1) is 65.7. The van der Waals surface area contributed by atoms with E-state index in [1.807, 2.05) is 24.5 Å². The lowest BCUT2D eigenvalue weighted by Crippen LogP contribution is -1.93. The van der Waals surface area contributed by atoms with Gasteiger partial charge in [-0.15, -0.1) is 0 Å². The second-order valence-corrected chi connectivity index (χ2v) is 29.3. The predicted octanol–water partition coefficient (Wildman–Crippen LogP) is 27.4. The van der Waals surface area contributed by atoms with Crippen LogP contribution in [0.25, 0.3) is 231 Å². The van der Waals surface area contributed by atoms with Gasteiger partial charge in [0.25, 0.3) is 0 Å². The number of aromatic nitrogens is 8. The fraction of sp³-hybridized carbons (Fsp3) is 0. The largest absolute Gasteiger partial charge is 0.254 e. The lowest BCUT2D eigenvalue weighted by Gasteiger charge is -2.17. The normalized spacial score (nSPS) is 11.7. The molecule has 8 nitrogen and oxygen atoms in total. The third kappa shape index (κ3) is 11.7. The SMILES string of the molecule is c1ccc(-c2c3ccccc3c(-c3ccc4cc(-c5ccc6nc(-c7ccc(-c8ccc9ccc%10cccnc%10c9n8)cc7)ccc6c5)ccc4n3)c3ccccc23)cc1.c1ccc2c(-c3ccc4cc(-c5ccc6nc(-c7ccc(-c8ccc9ccc%10cccnc%10c9n8)cc7)ccc6c5)ccc4n3)c3ccccc3cc2c1. The number of hydrogen-bond donors (Lipinski definition) is 0. The van der Waals surface area contributed by atoms with E-state index in [4.69, 9.17) is 29.9 Å². The van der Waals surface area contributed by atoms with Crippen molar-refractivity contribution in [3.63, 3.8) is 0 Å². The maximum atomic E-state index is 5.30. The molecule has 528 valence electrons. The minimum Gasteiger partial charge on any atom is -0.254 e. The molecular formula is C106H64N8. The lowest BCUT2D eigenvalue weighted by molar-refractivity contribution is 1.36. The first-order valence-corrected chi connectivity index (χ1v) is 38.5. The van der Waals surface area contributed by atoms with Crippen LogP contribution in [0.3, 0.4) is 0 Å².